The van der Waals surface area contributed by atoms with Gasteiger partial charge in [-0.25, -0.2) is 0 Å². The first-order valence-electron chi connectivity index (χ1n) is 10.1. The van der Waals surface area contributed by atoms with Gasteiger partial charge in [0.15, 0.2) is 6.29 Å². The third kappa shape index (κ3) is 4.12. The van der Waals surface area contributed by atoms with Crippen molar-refractivity contribution in [3.63, 3.8) is 0 Å². The number of carbonyl (C=O) groups excluding carboxylic acids is 1. The molecule has 3 aliphatic heterocycles. The van der Waals surface area contributed by atoms with Gasteiger partial charge in [-0.15, -0.1) is 0 Å². The minimum atomic E-state index is -1.77. The van der Waals surface area contributed by atoms with Gasteiger partial charge in [0.1, 0.15) is 17.6 Å². The highest BCUT2D eigenvalue weighted by atomic mass is 16.5. The molecule has 4 rings (SSSR count). The lowest BCUT2D eigenvalue weighted by molar-refractivity contribution is -0.140. The molecule has 28 heavy (non-hydrogen) atoms. The molecule has 1 amide bonds. The van der Waals surface area contributed by atoms with Gasteiger partial charge in [-0.05, 0) is 43.8 Å². The van der Waals surface area contributed by atoms with E-state index in [4.69, 9.17) is 9.39 Å². The van der Waals surface area contributed by atoms with E-state index in [0.717, 1.165) is 24.9 Å². The van der Waals surface area contributed by atoms with Gasteiger partial charge >= 0.3 is 7.12 Å². The van der Waals surface area contributed by atoms with E-state index in [-0.39, 0.29) is 29.4 Å². The highest BCUT2D eigenvalue weighted by Gasteiger charge is 2.35. The second-order valence-electron chi connectivity index (χ2n) is 7.84. The van der Waals surface area contributed by atoms with E-state index in [1.165, 1.54) is 6.42 Å². The Hall–Kier alpha value is -1.81. The van der Waals surface area contributed by atoms with Crippen LogP contribution >= 0.6 is 0 Å². The number of hydrogen-bond donors (Lipinski definition) is 4. The van der Waals surface area contributed by atoms with Crippen molar-refractivity contribution in [3.05, 3.63) is 23.3 Å². The lowest BCUT2D eigenvalue weighted by Gasteiger charge is -2.40. The van der Waals surface area contributed by atoms with Gasteiger partial charge in [0.25, 0.3) is 0 Å². The lowest BCUT2D eigenvalue weighted by Crippen LogP contribution is -2.57. The zero-order valence-electron chi connectivity index (χ0n) is 15.8. The maximum atomic E-state index is 12.4. The molecule has 3 heterocycles. The molecule has 2 saturated heterocycles. The molecule has 8 nitrogen and oxygen atoms in total. The Balaban J connectivity index is 1.36. The molecule has 2 fully saturated rings. The fraction of sp³-hybridized carbons (Fsp3) is 0.632. The summed E-state index contributed by atoms with van der Waals surface area (Å²) in [5.41, 5.74) is 0.943. The molecule has 0 aromatic heterocycles. The van der Waals surface area contributed by atoms with E-state index >= 15 is 0 Å². The first-order valence-corrected chi connectivity index (χ1v) is 10.1. The molecule has 1 aromatic rings. The first kappa shape index (κ1) is 19.5. The van der Waals surface area contributed by atoms with Crippen LogP contribution in [0.1, 0.15) is 43.1 Å². The molecule has 0 radical (unpaired) electrons. The summed E-state index contributed by atoms with van der Waals surface area (Å²) in [5.74, 6) is 0.717. The molecule has 0 spiro atoms. The number of likely N-dealkylation sites (tertiary alicyclic amines) is 1. The van der Waals surface area contributed by atoms with Crippen LogP contribution < -0.4 is 14.7 Å². The van der Waals surface area contributed by atoms with Crippen LogP contribution in [-0.4, -0.2) is 64.9 Å². The highest BCUT2D eigenvalue weighted by molar-refractivity contribution is 6.44. The van der Waals surface area contributed by atoms with Gasteiger partial charge in [-0.2, -0.15) is 0 Å². The smallest absolute Gasteiger partial charge is 0.522 e. The minimum absolute atomic E-state index is 0.124. The molecule has 0 saturated carbocycles. The zero-order chi connectivity index (χ0) is 19.7. The monoisotopic (exact) mass is 390 g/mol. The standard InChI is InChI=1S/C19H27BN2O6/c23-16(9-13-3-1-2-8-21-13)22-10-14(11-22)27-15-5-4-12-6-7-20(26)28-18(12)17(15)19(24)25/h4-5,13-14,19,21,24-26H,1-3,6-11H2. The number of nitrogens with one attached hydrogen (secondary N) is 1. The van der Waals surface area contributed by atoms with Crippen molar-refractivity contribution in [1.82, 2.24) is 10.2 Å². The molecule has 9 heteroatoms. The Kier molecular flexibility index (Phi) is 5.77. The number of ether oxygens (including phenoxy) is 1. The molecule has 3 aliphatic rings. The predicted molar refractivity (Wildman–Crippen MR) is 102 cm³/mol. The quantitative estimate of drug-likeness (QED) is 0.420. The summed E-state index contributed by atoms with van der Waals surface area (Å²) in [6.07, 6.45) is 2.97. The third-order valence-corrected chi connectivity index (χ3v) is 5.74. The number of aliphatic hydroxyl groups excluding tert-OH is 1. The number of nitrogens with zero attached hydrogens (tertiary/aromatic N) is 1. The van der Waals surface area contributed by atoms with Gasteiger partial charge in [-0.1, -0.05) is 12.5 Å². The van der Waals surface area contributed by atoms with E-state index in [9.17, 15) is 20.0 Å². The van der Waals surface area contributed by atoms with Crippen LogP contribution in [0, 0.1) is 0 Å². The molecule has 152 valence electrons. The maximum Gasteiger partial charge on any atom is 0.522 e. The number of amides is 1. The number of aryl methyl sites for hydroxylation is 1. The third-order valence-electron chi connectivity index (χ3n) is 5.74. The van der Waals surface area contributed by atoms with Crippen LogP contribution in [0.4, 0.5) is 0 Å². The molecule has 1 unspecified atom stereocenters. The topological polar surface area (TPSA) is 111 Å². The first-order chi connectivity index (χ1) is 13.5. The van der Waals surface area contributed by atoms with Gasteiger partial charge < -0.3 is 34.8 Å². The normalized spacial score (nSPS) is 22.5. The van der Waals surface area contributed by atoms with Gasteiger partial charge in [0.2, 0.25) is 5.91 Å². The number of aliphatic hydroxyl groups is 2. The van der Waals surface area contributed by atoms with Gasteiger partial charge in [-0.3, -0.25) is 4.79 Å². The summed E-state index contributed by atoms with van der Waals surface area (Å²) in [6, 6.07) is 3.78. The molecular formula is C19H27BN2O6. The second kappa shape index (κ2) is 8.28. The average molecular weight is 390 g/mol. The van der Waals surface area contributed by atoms with Crippen LogP contribution in [0.15, 0.2) is 12.1 Å². The van der Waals surface area contributed by atoms with Crippen molar-refractivity contribution in [3.8, 4) is 11.5 Å². The van der Waals surface area contributed by atoms with Crippen LogP contribution in [0.5, 0.6) is 11.5 Å². The van der Waals surface area contributed by atoms with E-state index < -0.39 is 13.4 Å². The second-order valence-corrected chi connectivity index (χ2v) is 7.84. The molecular weight excluding hydrogens is 363 g/mol. The summed E-state index contributed by atoms with van der Waals surface area (Å²) in [7, 11) is -0.967. The number of carbonyl (C=O) groups is 1. The van der Waals surface area contributed by atoms with E-state index in [1.807, 2.05) is 6.07 Å². The summed E-state index contributed by atoms with van der Waals surface area (Å²) >= 11 is 0. The molecule has 1 atom stereocenters. The average Bonchev–Trinajstić information content (AvgIpc) is 2.64. The lowest BCUT2D eigenvalue weighted by atomic mass is 9.78. The largest absolute Gasteiger partial charge is 0.535 e. The van der Waals surface area contributed by atoms with Crippen LogP contribution in [-0.2, 0) is 11.2 Å². The Morgan fingerprint density at radius 3 is 2.89 bits per heavy atom. The Morgan fingerprint density at radius 1 is 1.36 bits per heavy atom. The van der Waals surface area contributed by atoms with Crippen molar-refractivity contribution in [1.29, 1.82) is 0 Å². The van der Waals surface area contributed by atoms with Crippen molar-refractivity contribution in [2.45, 2.75) is 56.9 Å². The summed E-state index contributed by atoms with van der Waals surface area (Å²) in [4.78, 5) is 14.2. The van der Waals surface area contributed by atoms with E-state index in [2.05, 4.69) is 5.32 Å². The van der Waals surface area contributed by atoms with Crippen LogP contribution in [0.2, 0.25) is 6.32 Å². The number of piperidine rings is 1. The van der Waals surface area contributed by atoms with Crippen molar-refractivity contribution < 1.29 is 29.4 Å². The molecule has 1 aromatic carbocycles. The number of benzene rings is 1. The molecule has 0 aliphatic carbocycles. The minimum Gasteiger partial charge on any atom is -0.535 e. The Morgan fingerprint density at radius 2 is 2.18 bits per heavy atom. The van der Waals surface area contributed by atoms with Gasteiger partial charge in [0, 0.05) is 12.5 Å². The molecule has 0 bridgehead atoms. The van der Waals surface area contributed by atoms with Gasteiger partial charge in [0.05, 0.1) is 18.7 Å². The Labute approximate surface area is 164 Å². The van der Waals surface area contributed by atoms with Crippen LogP contribution in [0.3, 0.4) is 0 Å². The van der Waals surface area contributed by atoms with E-state index in [0.29, 0.717) is 38.0 Å². The Bertz CT molecular complexity index is 719. The highest BCUT2D eigenvalue weighted by Crippen LogP contribution is 2.40. The van der Waals surface area contributed by atoms with Crippen LogP contribution in [0.25, 0.3) is 0 Å². The van der Waals surface area contributed by atoms with E-state index in [1.54, 1.807) is 11.0 Å². The maximum absolute atomic E-state index is 12.4. The predicted octanol–water partition coefficient (Wildman–Crippen LogP) is 0.207. The van der Waals surface area contributed by atoms with Crippen molar-refractivity contribution >= 4 is 13.0 Å². The molecule has 4 N–H and O–H groups in total. The number of hydrogen-bond acceptors (Lipinski definition) is 7. The SMILES string of the molecule is O=C(CC1CCCCN1)N1CC(Oc2ccc3c(c2C(O)O)OB(O)CC3)C1. The fourth-order valence-corrected chi connectivity index (χ4v) is 4.12. The zero-order valence-corrected chi connectivity index (χ0v) is 15.8. The summed E-state index contributed by atoms with van der Waals surface area (Å²) in [6.45, 7) is 1.94. The fourth-order valence-electron chi connectivity index (χ4n) is 4.12. The van der Waals surface area contributed by atoms with Crippen molar-refractivity contribution in [2.75, 3.05) is 19.6 Å². The summed E-state index contributed by atoms with van der Waals surface area (Å²) in [5, 5.41) is 32.8. The summed E-state index contributed by atoms with van der Waals surface area (Å²) < 4.78 is 11.3. The number of rotatable bonds is 5. The number of fused-ring (bicyclic) bond motifs is 1. The van der Waals surface area contributed by atoms with Crippen molar-refractivity contribution in [2.24, 2.45) is 0 Å².